The maximum atomic E-state index is 11.4. The molecule has 5 nitrogen and oxygen atoms in total. The van der Waals surface area contributed by atoms with Gasteiger partial charge in [-0.2, -0.15) is 0 Å². The third-order valence-corrected chi connectivity index (χ3v) is 2.68. The van der Waals surface area contributed by atoms with E-state index in [1.165, 1.54) is 0 Å². The lowest BCUT2D eigenvalue weighted by molar-refractivity contribution is -0.120. The summed E-state index contributed by atoms with van der Waals surface area (Å²) in [4.78, 5) is 20.1. The smallest absolute Gasteiger partial charge is 0.221 e. The Labute approximate surface area is 112 Å². The molecule has 0 unspecified atom stereocenters. The van der Waals surface area contributed by atoms with Gasteiger partial charge in [0.05, 0.1) is 17.2 Å². The van der Waals surface area contributed by atoms with E-state index in [0.717, 1.165) is 24.0 Å². The highest BCUT2D eigenvalue weighted by Gasteiger charge is 2.01. The van der Waals surface area contributed by atoms with E-state index in [-0.39, 0.29) is 5.91 Å². The van der Waals surface area contributed by atoms with Crippen molar-refractivity contribution in [2.24, 2.45) is 0 Å². The average Bonchev–Trinajstić information content (AvgIpc) is 2.45. The number of aromatic nitrogens is 2. The van der Waals surface area contributed by atoms with Crippen molar-refractivity contribution in [3.05, 3.63) is 30.5 Å². The summed E-state index contributed by atoms with van der Waals surface area (Å²) in [6.45, 7) is 3.32. The summed E-state index contributed by atoms with van der Waals surface area (Å²) in [5.74, 6) is 0.755. The molecule has 5 heteroatoms. The molecule has 0 fully saturated rings. The number of carbonyl (C=O) groups excluding carboxylic acids is 1. The SMILES string of the molecule is CCCNC(=O)CCNc1cnc2ccccc2n1. The van der Waals surface area contributed by atoms with Crippen LogP contribution in [-0.2, 0) is 4.79 Å². The van der Waals surface area contributed by atoms with E-state index in [0.29, 0.717) is 18.8 Å². The number of hydrogen-bond acceptors (Lipinski definition) is 4. The second-order valence-electron chi connectivity index (χ2n) is 4.27. The van der Waals surface area contributed by atoms with E-state index < -0.39 is 0 Å². The van der Waals surface area contributed by atoms with Gasteiger partial charge in [-0.1, -0.05) is 19.1 Å². The van der Waals surface area contributed by atoms with Gasteiger partial charge < -0.3 is 10.6 Å². The molecule has 100 valence electrons. The van der Waals surface area contributed by atoms with E-state index in [1.807, 2.05) is 31.2 Å². The molecule has 0 aliphatic heterocycles. The third-order valence-electron chi connectivity index (χ3n) is 2.68. The lowest BCUT2D eigenvalue weighted by Gasteiger charge is -2.06. The number of hydrogen-bond donors (Lipinski definition) is 2. The van der Waals surface area contributed by atoms with Crippen LogP contribution in [0.5, 0.6) is 0 Å². The van der Waals surface area contributed by atoms with Gasteiger partial charge in [-0.3, -0.25) is 9.78 Å². The first-order valence-electron chi connectivity index (χ1n) is 6.52. The fourth-order valence-electron chi connectivity index (χ4n) is 1.70. The molecule has 0 radical (unpaired) electrons. The summed E-state index contributed by atoms with van der Waals surface area (Å²) in [6, 6.07) is 7.70. The quantitative estimate of drug-likeness (QED) is 0.831. The number of rotatable bonds is 6. The van der Waals surface area contributed by atoms with Crippen LogP contribution in [0.2, 0.25) is 0 Å². The number of anilines is 1. The maximum Gasteiger partial charge on any atom is 0.221 e. The molecule has 0 aliphatic rings. The Hall–Kier alpha value is -2.17. The summed E-state index contributed by atoms with van der Waals surface area (Å²) in [5, 5.41) is 5.94. The van der Waals surface area contributed by atoms with Gasteiger partial charge in [0.25, 0.3) is 0 Å². The molecule has 1 aromatic carbocycles. The highest BCUT2D eigenvalue weighted by atomic mass is 16.1. The van der Waals surface area contributed by atoms with Gasteiger partial charge in [0.2, 0.25) is 5.91 Å². The predicted octanol–water partition coefficient (Wildman–Crippen LogP) is 1.96. The summed E-state index contributed by atoms with van der Waals surface area (Å²) < 4.78 is 0. The molecule has 1 aromatic heterocycles. The Bertz CT molecular complexity index is 556. The maximum absolute atomic E-state index is 11.4. The summed E-state index contributed by atoms with van der Waals surface area (Å²) in [6.07, 6.45) is 3.08. The molecule has 19 heavy (non-hydrogen) atoms. The van der Waals surface area contributed by atoms with Crippen molar-refractivity contribution in [3.8, 4) is 0 Å². The minimum atomic E-state index is 0.0584. The number of benzene rings is 1. The first-order chi connectivity index (χ1) is 9.29. The lowest BCUT2D eigenvalue weighted by Crippen LogP contribution is -2.25. The molecule has 0 aliphatic carbocycles. The number of fused-ring (bicyclic) bond motifs is 1. The van der Waals surface area contributed by atoms with Crippen molar-refractivity contribution >= 4 is 22.8 Å². The third kappa shape index (κ3) is 3.91. The Morgan fingerprint density at radius 3 is 2.79 bits per heavy atom. The van der Waals surface area contributed by atoms with Crippen LogP contribution in [0.1, 0.15) is 19.8 Å². The first kappa shape index (κ1) is 13.3. The standard InChI is InChI=1S/C14H18N4O/c1-2-8-16-14(19)7-9-15-13-10-17-11-5-3-4-6-12(11)18-13/h3-6,10H,2,7-9H2,1H3,(H,15,18)(H,16,19). The fraction of sp³-hybridized carbons (Fsp3) is 0.357. The van der Waals surface area contributed by atoms with Crippen molar-refractivity contribution in [2.45, 2.75) is 19.8 Å². The largest absolute Gasteiger partial charge is 0.368 e. The van der Waals surface area contributed by atoms with Crippen molar-refractivity contribution in [3.63, 3.8) is 0 Å². The molecule has 0 saturated heterocycles. The van der Waals surface area contributed by atoms with Crippen molar-refractivity contribution in [1.82, 2.24) is 15.3 Å². The Morgan fingerprint density at radius 1 is 1.21 bits per heavy atom. The van der Waals surface area contributed by atoms with Crippen LogP contribution in [0.4, 0.5) is 5.82 Å². The van der Waals surface area contributed by atoms with Crippen molar-refractivity contribution in [2.75, 3.05) is 18.4 Å². The van der Waals surface area contributed by atoms with E-state index in [9.17, 15) is 4.79 Å². The number of nitrogens with zero attached hydrogens (tertiary/aromatic N) is 2. The average molecular weight is 258 g/mol. The van der Waals surface area contributed by atoms with Crippen LogP contribution in [0.15, 0.2) is 30.5 Å². The van der Waals surface area contributed by atoms with Gasteiger partial charge >= 0.3 is 0 Å². The van der Waals surface area contributed by atoms with E-state index in [1.54, 1.807) is 6.20 Å². The normalized spacial score (nSPS) is 10.4. The summed E-state index contributed by atoms with van der Waals surface area (Å²) in [7, 11) is 0. The van der Waals surface area contributed by atoms with Crippen LogP contribution in [0.3, 0.4) is 0 Å². The number of nitrogens with one attached hydrogen (secondary N) is 2. The second kappa shape index (κ2) is 6.68. The molecule has 1 heterocycles. The molecule has 0 saturated carbocycles. The van der Waals surface area contributed by atoms with Gasteiger partial charge in [0.15, 0.2) is 0 Å². The van der Waals surface area contributed by atoms with Crippen LogP contribution < -0.4 is 10.6 Å². The highest BCUT2D eigenvalue weighted by Crippen LogP contribution is 2.10. The minimum absolute atomic E-state index is 0.0584. The molecule has 2 rings (SSSR count). The molecule has 1 amide bonds. The molecule has 2 N–H and O–H groups in total. The lowest BCUT2D eigenvalue weighted by atomic mass is 10.3. The van der Waals surface area contributed by atoms with Crippen LogP contribution in [0.25, 0.3) is 11.0 Å². The molecular weight excluding hydrogens is 240 g/mol. The first-order valence-corrected chi connectivity index (χ1v) is 6.52. The molecule has 0 bridgehead atoms. The van der Waals surface area contributed by atoms with E-state index >= 15 is 0 Å². The monoisotopic (exact) mass is 258 g/mol. The van der Waals surface area contributed by atoms with Gasteiger partial charge in [0.1, 0.15) is 5.82 Å². The van der Waals surface area contributed by atoms with Crippen LogP contribution in [-0.4, -0.2) is 29.0 Å². The molecule has 0 spiro atoms. The second-order valence-corrected chi connectivity index (χ2v) is 4.27. The summed E-state index contributed by atoms with van der Waals surface area (Å²) in [5.41, 5.74) is 1.72. The topological polar surface area (TPSA) is 66.9 Å². The molecule has 0 atom stereocenters. The van der Waals surface area contributed by atoms with E-state index in [2.05, 4.69) is 20.6 Å². The Morgan fingerprint density at radius 2 is 2.00 bits per heavy atom. The Kier molecular flexibility index (Phi) is 4.66. The van der Waals surface area contributed by atoms with E-state index in [4.69, 9.17) is 0 Å². The molecular formula is C14H18N4O. The van der Waals surface area contributed by atoms with Gasteiger partial charge in [-0.15, -0.1) is 0 Å². The van der Waals surface area contributed by atoms with Crippen molar-refractivity contribution in [1.29, 1.82) is 0 Å². The summed E-state index contributed by atoms with van der Waals surface area (Å²) >= 11 is 0. The number of carbonyl (C=O) groups is 1. The predicted molar refractivity (Wildman–Crippen MR) is 75.9 cm³/mol. The fourth-order valence-corrected chi connectivity index (χ4v) is 1.70. The Balaban J connectivity index is 1.86. The zero-order chi connectivity index (χ0) is 13.5. The zero-order valence-corrected chi connectivity index (χ0v) is 11.0. The number of amides is 1. The zero-order valence-electron chi connectivity index (χ0n) is 11.0. The molecule has 2 aromatic rings. The van der Waals surface area contributed by atoms with Gasteiger partial charge in [0, 0.05) is 19.5 Å². The van der Waals surface area contributed by atoms with Gasteiger partial charge in [-0.05, 0) is 18.6 Å². The highest BCUT2D eigenvalue weighted by molar-refractivity contribution is 5.77. The minimum Gasteiger partial charge on any atom is -0.368 e. The van der Waals surface area contributed by atoms with Gasteiger partial charge in [-0.25, -0.2) is 4.98 Å². The van der Waals surface area contributed by atoms with Crippen LogP contribution in [0, 0.1) is 0 Å². The van der Waals surface area contributed by atoms with Crippen molar-refractivity contribution < 1.29 is 4.79 Å². The van der Waals surface area contributed by atoms with Crippen LogP contribution >= 0.6 is 0 Å². The number of para-hydroxylation sites is 2.